The summed E-state index contributed by atoms with van der Waals surface area (Å²) in [6.45, 7) is 14.3. The second kappa shape index (κ2) is 10.8. The third kappa shape index (κ3) is 7.34. The van der Waals surface area contributed by atoms with E-state index < -0.39 is 0 Å². The van der Waals surface area contributed by atoms with Crippen LogP contribution < -0.4 is 5.32 Å². The minimum absolute atomic E-state index is 0.564. The number of hydrogen-bond acceptors (Lipinski definition) is 3. The lowest BCUT2D eigenvalue weighted by molar-refractivity contribution is 0.0924. The molecule has 0 rings (SSSR count). The van der Waals surface area contributed by atoms with Crippen molar-refractivity contribution in [3.8, 4) is 0 Å². The van der Waals surface area contributed by atoms with Gasteiger partial charge in [0.1, 0.15) is 0 Å². The zero-order valence-electron chi connectivity index (χ0n) is 13.3. The van der Waals surface area contributed by atoms with Crippen LogP contribution in [0.25, 0.3) is 0 Å². The Hall–Kier alpha value is -0.120. The summed E-state index contributed by atoms with van der Waals surface area (Å²) in [5.74, 6) is 0. The molecule has 3 atom stereocenters. The molecule has 0 radical (unpaired) electrons. The fourth-order valence-electron chi connectivity index (χ4n) is 2.33. The predicted octanol–water partition coefficient (Wildman–Crippen LogP) is 2.90. The molecule has 3 nitrogen and oxygen atoms in total. The molecule has 0 amide bonds. The normalized spacial score (nSPS) is 16.8. The first-order valence-electron chi connectivity index (χ1n) is 7.54. The number of nitrogens with zero attached hydrogens (tertiary/aromatic N) is 1. The van der Waals surface area contributed by atoms with Gasteiger partial charge in [0.15, 0.2) is 0 Å². The van der Waals surface area contributed by atoms with Gasteiger partial charge in [-0.3, -0.25) is 4.90 Å². The Morgan fingerprint density at radius 2 is 1.78 bits per heavy atom. The first-order chi connectivity index (χ1) is 8.56. The van der Waals surface area contributed by atoms with Crippen LogP contribution in [0.5, 0.6) is 0 Å². The van der Waals surface area contributed by atoms with Crippen LogP contribution in [0.1, 0.15) is 53.9 Å². The molecule has 0 bridgehead atoms. The Kier molecular flexibility index (Phi) is 10.7. The number of nitrogens with one attached hydrogen (secondary N) is 1. The van der Waals surface area contributed by atoms with Crippen molar-refractivity contribution in [2.45, 2.75) is 72.0 Å². The minimum Gasteiger partial charge on any atom is -0.383 e. The van der Waals surface area contributed by atoms with Gasteiger partial charge in [0.05, 0.1) is 6.61 Å². The number of rotatable bonds is 11. The van der Waals surface area contributed by atoms with E-state index >= 15 is 0 Å². The molecule has 0 fully saturated rings. The highest BCUT2D eigenvalue weighted by Gasteiger charge is 2.18. The average molecular weight is 258 g/mol. The van der Waals surface area contributed by atoms with Crippen LogP contribution in [-0.4, -0.2) is 49.8 Å². The molecule has 18 heavy (non-hydrogen) atoms. The summed E-state index contributed by atoms with van der Waals surface area (Å²) in [5.41, 5.74) is 0. The second-order valence-electron chi connectivity index (χ2n) is 5.43. The summed E-state index contributed by atoms with van der Waals surface area (Å²) < 4.78 is 5.22. The van der Waals surface area contributed by atoms with Crippen molar-refractivity contribution in [2.75, 3.05) is 26.8 Å². The molecule has 1 N–H and O–H groups in total. The van der Waals surface area contributed by atoms with Crippen LogP contribution in [0.3, 0.4) is 0 Å². The molecule has 0 heterocycles. The molecule has 0 aliphatic carbocycles. The van der Waals surface area contributed by atoms with Gasteiger partial charge in [-0.15, -0.1) is 0 Å². The van der Waals surface area contributed by atoms with E-state index in [9.17, 15) is 0 Å². The predicted molar refractivity (Wildman–Crippen MR) is 80.2 cm³/mol. The Labute approximate surface area is 114 Å². The summed E-state index contributed by atoms with van der Waals surface area (Å²) in [4.78, 5) is 2.55. The molecule has 0 saturated carbocycles. The second-order valence-corrected chi connectivity index (χ2v) is 5.43. The maximum absolute atomic E-state index is 5.22. The fraction of sp³-hybridized carbons (Fsp3) is 1.00. The first kappa shape index (κ1) is 17.9. The smallest absolute Gasteiger partial charge is 0.0589 e. The van der Waals surface area contributed by atoms with Gasteiger partial charge in [0.25, 0.3) is 0 Å². The van der Waals surface area contributed by atoms with Crippen molar-refractivity contribution in [1.82, 2.24) is 10.2 Å². The quantitative estimate of drug-likeness (QED) is 0.617. The maximum atomic E-state index is 5.22. The van der Waals surface area contributed by atoms with E-state index in [0.29, 0.717) is 18.1 Å². The van der Waals surface area contributed by atoms with Crippen LogP contribution in [0, 0.1) is 0 Å². The number of ether oxygens (including phenoxy) is 1. The standard InChI is InChI=1S/C15H34N2O/c1-7-9-13(3)16-12-15(5)17(10-11-18-6)14(4)8-2/h13-16H,7-12H2,1-6H3. The molecule has 0 aromatic heterocycles. The van der Waals surface area contributed by atoms with Crippen molar-refractivity contribution in [3.05, 3.63) is 0 Å². The van der Waals surface area contributed by atoms with Crippen LogP contribution >= 0.6 is 0 Å². The molecule has 0 aromatic rings. The first-order valence-corrected chi connectivity index (χ1v) is 7.54. The van der Waals surface area contributed by atoms with E-state index in [1.165, 1.54) is 19.3 Å². The molecular weight excluding hydrogens is 224 g/mol. The van der Waals surface area contributed by atoms with Gasteiger partial charge in [-0.05, 0) is 33.6 Å². The van der Waals surface area contributed by atoms with E-state index in [2.05, 4.69) is 44.8 Å². The van der Waals surface area contributed by atoms with Crippen LogP contribution in [0.4, 0.5) is 0 Å². The van der Waals surface area contributed by atoms with E-state index in [0.717, 1.165) is 19.7 Å². The number of methoxy groups -OCH3 is 1. The highest BCUT2D eigenvalue weighted by atomic mass is 16.5. The fourth-order valence-corrected chi connectivity index (χ4v) is 2.33. The third-order valence-corrected chi connectivity index (χ3v) is 3.76. The molecule has 0 aliphatic rings. The monoisotopic (exact) mass is 258 g/mol. The SMILES string of the molecule is CCCC(C)NCC(C)N(CCOC)C(C)CC. The van der Waals surface area contributed by atoms with Crippen molar-refractivity contribution < 1.29 is 4.74 Å². The van der Waals surface area contributed by atoms with Gasteiger partial charge in [0, 0.05) is 38.3 Å². The Morgan fingerprint density at radius 3 is 2.28 bits per heavy atom. The zero-order valence-corrected chi connectivity index (χ0v) is 13.3. The molecule has 110 valence electrons. The lowest BCUT2D eigenvalue weighted by Crippen LogP contribution is -2.47. The maximum Gasteiger partial charge on any atom is 0.0589 e. The van der Waals surface area contributed by atoms with Crippen molar-refractivity contribution in [3.63, 3.8) is 0 Å². The largest absolute Gasteiger partial charge is 0.383 e. The van der Waals surface area contributed by atoms with Gasteiger partial charge in [-0.1, -0.05) is 20.3 Å². The highest BCUT2D eigenvalue weighted by Crippen LogP contribution is 2.08. The molecule has 0 saturated heterocycles. The van der Waals surface area contributed by atoms with E-state index in [1.54, 1.807) is 7.11 Å². The van der Waals surface area contributed by atoms with Gasteiger partial charge < -0.3 is 10.1 Å². The summed E-state index contributed by atoms with van der Waals surface area (Å²) in [6, 6.07) is 1.81. The molecule has 3 unspecified atom stereocenters. The van der Waals surface area contributed by atoms with E-state index in [4.69, 9.17) is 4.74 Å². The van der Waals surface area contributed by atoms with Crippen LogP contribution in [0.15, 0.2) is 0 Å². The van der Waals surface area contributed by atoms with Crippen LogP contribution in [-0.2, 0) is 4.74 Å². The number of hydrogen-bond donors (Lipinski definition) is 1. The Bertz CT molecular complexity index is 187. The summed E-state index contributed by atoms with van der Waals surface area (Å²) in [5, 5.41) is 3.64. The molecule has 3 heteroatoms. The molecule has 0 aromatic carbocycles. The topological polar surface area (TPSA) is 24.5 Å². The average Bonchev–Trinajstić information content (AvgIpc) is 2.36. The Balaban J connectivity index is 4.14. The lowest BCUT2D eigenvalue weighted by Gasteiger charge is -2.34. The summed E-state index contributed by atoms with van der Waals surface area (Å²) in [6.07, 6.45) is 3.70. The zero-order chi connectivity index (χ0) is 14.0. The minimum atomic E-state index is 0.564. The van der Waals surface area contributed by atoms with Crippen molar-refractivity contribution in [2.24, 2.45) is 0 Å². The van der Waals surface area contributed by atoms with Gasteiger partial charge in [0.2, 0.25) is 0 Å². The molecular formula is C15H34N2O. The van der Waals surface area contributed by atoms with E-state index in [-0.39, 0.29) is 0 Å². The molecule has 0 aliphatic heterocycles. The van der Waals surface area contributed by atoms with Crippen LogP contribution in [0.2, 0.25) is 0 Å². The summed E-state index contributed by atoms with van der Waals surface area (Å²) >= 11 is 0. The lowest BCUT2D eigenvalue weighted by atomic mass is 10.1. The van der Waals surface area contributed by atoms with Gasteiger partial charge >= 0.3 is 0 Å². The third-order valence-electron chi connectivity index (χ3n) is 3.76. The molecule has 0 spiro atoms. The van der Waals surface area contributed by atoms with Crippen molar-refractivity contribution in [1.29, 1.82) is 0 Å². The van der Waals surface area contributed by atoms with Crippen molar-refractivity contribution >= 4 is 0 Å². The van der Waals surface area contributed by atoms with E-state index in [1.807, 2.05) is 0 Å². The van der Waals surface area contributed by atoms with Gasteiger partial charge in [-0.25, -0.2) is 0 Å². The Morgan fingerprint density at radius 1 is 1.11 bits per heavy atom. The highest BCUT2D eigenvalue weighted by molar-refractivity contribution is 4.76. The van der Waals surface area contributed by atoms with Gasteiger partial charge in [-0.2, -0.15) is 0 Å². The summed E-state index contributed by atoms with van der Waals surface area (Å²) in [7, 11) is 1.78.